The first-order chi connectivity index (χ1) is 16.9. The summed E-state index contributed by atoms with van der Waals surface area (Å²) < 4.78 is 6.09. The van der Waals surface area contributed by atoms with Gasteiger partial charge in [0.05, 0.1) is 29.2 Å². The van der Waals surface area contributed by atoms with Crippen molar-refractivity contribution in [1.29, 1.82) is 0 Å². The summed E-state index contributed by atoms with van der Waals surface area (Å²) in [5.41, 5.74) is 4.99. The molecule has 1 aliphatic rings. The van der Waals surface area contributed by atoms with Crippen LogP contribution >= 0.6 is 0 Å². The third kappa shape index (κ3) is 5.35. The molecule has 0 aromatic carbocycles. The van der Waals surface area contributed by atoms with Gasteiger partial charge in [0.1, 0.15) is 11.6 Å². The van der Waals surface area contributed by atoms with Crippen LogP contribution in [0.5, 0.6) is 0 Å². The number of hydrogen-bond donors (Lipinski definition) is 1. The maximum absolute atomic E-state index is 6.09. The average molecular weight is 477 g/mol. The van der Waals surface area contributed by atoms with Crippen LogP contribution in [-0.2, 0) is 17.6 Å². The van der Waals surface area contributed by atoms with Gasteiger partial charge in [-0.25, -0.2) is 24.9 Å². The Morgan fingerprint density at radius 2 is 1.77 bits per heavy atom. The van der Waals surface area contributed by atoms with Gasteiger partial charge in [-0.1, -0.05) is 13.8 Å². The van der Waals surface area contributed by atoms with Gasteiger partial charge in [-0.2, -0.15) is 0 Å². The summed E-state index contributed by atoms with van der Waals surface area (Å²) in [5, 5.41) is 3.67. The molecule has 3 aromatic heterocycles. The highest BCUT2D eigenvalue weighted by atomic mass is 16.5. The minimum Gasteiger partial charge on any atom is -0.374 e. The Kier molecular flexibility index (Phi) is 7.75. The van der Waals surface area contributed by atoms with Gasteiger partial charge in [0.15, 0.2) is 0 Å². The zero-order valence-corrected chi connectivity index (χ0v) is 21.6. The Morgan fingerprint density at radius 3 is 2.40 bits per heavy atom. The van der Waals surface area contributed by atoms with Gasteiger partial charge in [-0.05, 0) is 44.4 Å². The smallest absolute Gasteiger partial charge is 0.225 e. The van der Waals surface area contributed by atoms with Crippen molar-refractivity contribution in [3.63, 3.8) is 0 Å². The van der Waals surface area contributed by atoms with Crippen LogP contribution in [0.2, 0.25) is 0 Å². The SMILES string of the molecule is CCO[C@@H]1CN(c2ncccn2)C[C@H]1Nc1nc(CC)c(-c2cnc(N(C)C)cc2C)nc1CC. The number of anilines is 3. The van der Waals surface area contributed by atoms with Gasteiger partial charge in [-0.3, -0.25) is 0 Å². The number of nitrogens with one attached hydrogen (secondary N) is 1. The molecule has 1 aliphatic heterocycles. The average Bonchev–Trinajstić information content (AvgIpc) is 3.26. The molecule has 4 heterocycles. The molecular weight excluding hydrogens is 440 g/mol. The molecule has 0 unspecified atom stereocenters. The molecule has 0 amide bonds. The van der Waals surface area contributed by atoms with Crippen molar-refractivity contribution in [3.05, 3.63) is 47.7 Å². The molecule has 1 N–H and O–H groups in total. The molecule has 3 aromatic rings. The first-order valence-electron chi connectivity index (χ1n) is 12.4. The Labute approximate surface area is 208 Å². The fourth-order valence-electron chi connectivity index (χ4n) is 4.45. The Hall–Kier alpha value is -3.33. The molecule has 9 heteroatoms. The minimum absolute atomic E-state index is 0.00471. The van der Waals surface area contributed by atoms with Crippen molar-refractivity contribution in [2.24, 2.45) is 0 Å². The molecule has 35 heavy (non-hydrogen) atoms. The van der Waals surface area contributed by atoms with E-state index in [9.17, 15) is 0 Å². The lowest BCUT2D eigenvalue weighted by Crippen LogP contribution is -2.35. The molecule has 0 spiro atoms. The van der Waals surface area contributed by atoms with E-state index in [1.54, 1.807) is 12.4 Å². The molecule has 0 saturated carbocycles. The van der Waals surface area contributed by atoms with Crippen LogP contribution in [0.3, 0.4) is 0 Å². The standard InChI is InChI=1S/C26H36N8O/c1-7-19-24(18-14-29-23(33(5)6)13-17(18)4)30-20(8-2)25(31-19)32-21-15-34(16-22(21)35-9-3)26-27-11-10-12-28-26/h10-14,21-22H,7-9,15-16H2,1-6H3,(H,31,32)/t21-,22-/m1/s1. The lowest BCUT2D eigenvalue weighted by Gasteiger charge is -2.22. The van der Waals surface area contributed by atoms with Crippen molar-refractivity contribution in [2.75, 3.05) is 48.9 Å². The van der Waals surface area contributed by atoms with E-state index in [0.717, 1.165) is 71.7 Å². The van der Waals surface area contributed by atoms with Gasteiger partial charge in [0, 0.05) is 57.9 Å². The normalized spacial score (nSPS) is 17.6. The first-order valence-corrected chi connectivity index (χ1v) is 12.4. The van der Waals surface area contributed by atoms with Gasteiger partial charge in [0.25, 0.3) is 0 Å². The van der Waals surface area contributed by atoms with E-state index >= 15 is 0 Å². The van der Waals surface area contributed by atoms with Crippen molar-refractivity contribution in [1.82, 2.24) is 24.9 Å². The monoisotopic (exact) mass is 476 g/mol. The summed E-state index contributed by atoms with van der Waals surface area (Å²) in [6.07, 6.45) is 7.01. The number of rotatable bonds is 9. The molecule has 1 saturated heterocycles. The van der Waals surface area contributed by atoms with Gasteiger partial charge in [0.2, 0.25) is 5.95 Å². The topological polar surface area (TPSA) is 92.2 Å². The highest BCUT2D eigenvalue weighted by Gasteiger charge is 2.35. The summed E-state index contributed by atoms with van der Waals surface area (Å²) >= 11 is 0. The van der Waals surface area contributed by atoms with Crippen LogP contribution in [0, 0.1) is 6.92 Å². The number of pyridine rings is 1. The molecule has 4 rings (SSSR count). The second-order valence-electron chi connectivity index (χ2n) is 8.97. The maximum Gasteiger partial charge on any atom is 0.225 e. The second kappa shape index (κ2) is 10.9. The van der Waals surface area contributed by atoms with E-state index in [1.165, 1.54) is 0 Å². The van der Waals surface area contributed by atoms with E-state index in [0.29, 0.717) is 6.61 Å². The summed E-state index contributed by atoms with van der Waals surface area (Å²) in [6.45, 7) is 10.5. The lowest BCUT2D eigenvalue weighted by atomic mass is 10.0. The minimum atomic E-state index is 0.00471. The van der Waals surface area contributed by atoms with Gasteiger partial charge >= 0.3 is 0 Å². The predicted octanol–water partition coefficient (Wildman–Crippen LogP) is 3.53. The molecule has 0 aliphatic carbocycles. The maximum atomic E-state index is 6.09. The summed E-state index contributed by atoms with van der Waals surface area (Å²) in [5.74, 6) is 2.48. The van der Waals surface area contributed by atoms with Crippen molar-refractivity contribution >= 4 is 17.6 Å². The first kappa shape index (κ1) is 24.8. The third-order valence-corrected chi connectivity index (χ3v) is 6.32. The van der Waals surface area contributed by atoms with Crippen molar-refractivity contribution in [2.45, 2.75) is 52.7 Å². The molecule has 0 bridgehead atoms. The van der Waals surface area contributed by atoms with E-state index < -0.39 is 0 Å². The van der Waals surface area contributed by atoms with Crippen LogP contribution in [0.15, 0.2) is 30.7 Å². The summed E-state index contributed by atoms with van der Waals surface area (Å²) in [4.78, 5) is 27.8. The summed E-state index contributed by atoms with van der Waals surface area (Å²) in [6, 6.07) is 3.98. The fourth-order valence-corrected chi connectivity index (χ4v) is 4.45. The van der Waals surface area contributed by atoms with Crippen molar-refractivity contribution < 1.29 is 4.74 Å². The van der Waals surface area contributed by atoms with Gasteiger partial charge in [-0.15, -0.1) is 0 Å². The van der Waals surface area contributed by atoms with E-state index in [2.05, 4.69) is 52.0 Å². The van der Waals surface area contributed by atoms with Crippen LogP contribution in [0.25, 0.3) is 11.3 Å². The van der Waals surface area contributed by atoms with E-state index in [-0.39, 0.29) is 12.1 Å². The Balaban J connectivity index is 1.65. The quantitative estimate of drug-likeness (QED) is 0.498. The molecule has 0 radical (unpaired) electrons. The Bertz CT molecular complexity index is 1140. The Morgan fingerprint density at radius 1 is 1.03 bits per heavy atom. The molecule has 9 nitrogen and oxygen atoms in total. The van der Waals surface area contributed by atoms with Crippen LogP contribution in [0.1, 0.15) is 37.7 Å². The van der Waals surface area contributed by atoms with Crippen LogP contribution < -0.4 is 15.1 Å². The number of hydrogen-bond acceptors (Lipinski definition) is 9. The third-order valence-electron chi connectivity index (χ3n) is 6.32. The van der Waals surface area contributed by atoms with Gasteiger partial charge < -0.3 is 19.9 Å². The summed E-state index contributed by atoms with van der Waals surface area (Å²) in [7, 11) is 4.00. The molecule has 186 valence electrons. The molecule has 1 fully saturated rings. The zero-order valence-electron chi connectivity index (χ0n) is 21.6. The number of aromatic nitrogens is 5. The largest absolute Gasteiger partial charge is 0.374 e. The zero-order chi connectivity index (χ0) is 24.9. The van der Waals surface area contributed by atoms with Crippen molar-refractivity contribution in [3.8, 4) is 11.3 Å². The number of ether oxygens (including phenoxy) is 1. The van der Waals surface area contributed by atoms with E-state index in [4.69, 9.17) is 14.7 Å². The molecular formula is C26H36N8O. The second-order valence-corrected chi connectivity index (χ2v) is 8.97. The lowest BCUT2D eigenvalue weighted by molar-refractivity contribution is 0.0719. The van der Waals surface area contributed by atoms with E-state index in [1.807, 2.05) is 38.2 Å². The number of aryl methyl sites for hydroxylation is 3. The fraction of sp³-hybridized carbons (Fsp3) is 0.500. The number of nitrogens with zero attached hydrogens (tertiary/aromatic N) is 7. The highest BCUT2D eigenvalue weighted by molar-refractivity contribution is 5.68. The van der Waals surface area contributed by atoms with Crippen LogP contribution in [0.4, 0.5) is 17.6 Å². The van der Waals surface area contributed by atoms with Crippen LogP contribution in [-0.4, -0.2) is 70.9 Å². The molecule has 2 atom stereocenters. The predicted molar refractivity (Wildman–Crippen MR) is 140 cm³/mol. The highest BCUT2D eigenvalue weighted by Crippen LogP contribution is 2.30.